The third-order valence-electron chi connectivity index (χ3n) is 1.57. The van der Waals surface area contributed by atoms with Gasteiger partial charge in [0.15, 0.2) is 0 Å². The first-order valence-electron chi connectivity index (χ1n) is 3.59. The van der Waals surface area contributed by atoms with E-state index in [2.05, 4.69) is 14.8 Å². The molecule has 0 fully saturated rings. The Labute approximate surface area is 70.1 Å². The average molecular weight is 259 g/mol. The van der Waals surface area contributed by atoms with Crippen LogP contribution in [-0.2, 0) is 0 Å². The van der Waals surface area contributed by atoms with E-state index in [0.717, 1.165) is 0 Å². The molecule has 0 saturated carbocycles. The van der Waals surface area contributed by atoms with E-state index in [4.69, 9.17) is 4.42 Å². The first-order valence-corrected chi connectivity index (χ1v) is 13.6. The van der Waals surface area contributed by atoms with Crippen molar-refractivity contribution in [3.63, 3.8) is 0 Å². The van der Waals surface area contributed by atoms with Crippen LogP contribution in [0.25, 0.3) is 0 Å². The van der Waals surface area contributed by atoms with Gasteiger partial charge in [-0.05, 0) is 0 Å². The van der Waals surface area contributed by atoms with E-state index < -0.39 is 18.4 Å². The van der Waals surface area contributed by atoms with Crippen molar-refractivity contribution in [2.75, 3.05) is 0 Å². The quantitative estimate of drug-likeness (QED) is 0.709. The topological polar surface area (TPSA) is 30.2 Å². The molecule has 0 radical (unpaired) electrons. The Morgan fingerprint density at radius 3 is 2.27 bits per heavy atom. The normalized spacial score (nSPS) is 11.5. The number of hydrogen-bond donors (Lipinski definition) is 0. The van der Waals surface area contributed by atoms with E-state index >= 15 is 0 Å². The van der Waals surface area contributed by atoms with E-state index in [9.17, 15) is 4.79 Å². The summed E-state index contributed by atoms with van der Waals surface area (Å²) >= 11 is -1.98. The Hall–Kier alpha value is -0.251. The molecule has 0 spiro atoms. The molecule has 0 aliphatic carbocycles. The summed E-state index contributed by atoms with van der Waals surface area (Å²) in [5.74, 6) is 0. The van der Waals surface area contributed by atoms with Gasteiger partial charge < -0.3 is 0 Å². The van der Waals surface area contributed by atoms with Crippen LogP contribution >= 0.6 is 0 Å². The summed E-state index contributed by atoms with van der Waals surface area (Å²) in [7, 11) is 0. The van der Waals surface area contributed by atoms with E-state index in [1.54, 1.807) is 6.26 Å². The fourth-order valence-corrected chi connectivity index (χ4v) is 3.63. The molecule has 0 aliphatic rings. The molecule has 1 heterocycles. The molecule has 11 heavy (non-hydrogen) atoms. The fraction of sp³-hybridized carbons (Fsp3) is 0.375. The molecule has 3 heteroatoms. The SMILES string of the molecule is [CH3][Sn]([CH3])([CH3])[c]1ccc(=O)oc1. The van der Waals surface area contributed by atoms with Crippen LogP contribution in [-0.4, -0.2) is 18.4 Å². The summed E-state index contributed by atoms with van der Waals surface area (Å²) in [5.41, 5.74) is -0.260. The van der Waals surface area contributed by atoms with Crippen molar-refractivity contribution in [2.45, 2.75) is 14.8 Å². The predicted octanol–water partition coefficient (Wildman–Crippen LogP) is 1.18. The molecule has 2 nitrogen and oxygen atoms in total. The zero-order valence-corrected chi connectivity index (χ0v) is 9.90. The summed E-state index contributed by atoms with van der Waals surface area (Å²) in [5, 5.41) is 0. The van der Waals surface area contributed by atoms with Gasteiger partial charge in [0, 0.05) is 0 Å². The van der Waals surface area contributed by atoms with Crippen molar-refractivity contribution in [3.05, 3.63) is 28.8 Å². The molecule has 0 aromatic carbocycles. The molecule has 0 unspecified atom stereocenters. The molecule has 0 amide bonds. The predicted molar refractivity (Wildman–Crippen MR) is 48.0 cm³/mol. The van der Waals surface area contributed by atoms with Crippen LogP contribution in [0.15, 0.2) is 27.6 Å². The summed E-state index contributed by atoms with van der Waals surface area (Å²) < 4.78 is 6.03. The maximum absolute atomic E-state index is 10.6. The third kappa shape index (κ3) is 2.36. The van der Waals surface area contributed by atoms with E-state index in [-0.39, 0.29) is 5.63 Å². The zero-order valence-electron chi connectivity index (χ0n) is 7.05. The molecule has 0 bridgehead atoms. The monoisotopic (exact) mass is 260 g/mol. The van der Waals surface area contributed by atoms with Gasteiger partial charge in [0.1, 0.15) is 0 Å². The van der Waals surface area contributed by atoms with Crippen molar-refractivity contribution < 1.29 is 4.42 Å². The summed E-state index contributed by atoms with van der Waals surface area (Å²) in [6, 6.07) is 3.39. The van der Waals surface area contributed by atoms with Gasteiger partial charge in [-0.2, -0.15) is 0 Å². The van der Waals surface area contributed by atoms with Crippen LogP contribution in [0.2, 0.25) is 14.8 Å². The Balaban J connectivity index is 3.09. The standard InChI is InChI=1S/C5H3O2.3CH3.Sn/c6-5-3-1-2-4-7-5;;;;/h1,3-4H;3*1H3;. The van der Waals surface area contributed by atoms with Gasteiger partial charge in [-0.15, -0.1) is 0 Å². The summed E-state index contributed by atoms with van der Waals surface area (Å²) in [4.78, 5) is 17.5. The van der Waals surface area contributed by atoms with Gasteiger partial charge in [0.2, 0.25) is 0 Å². The van der Waals surface area contributed by atoms with Gasteiger partial charge in [0.05, 0.1) is 0 Å². The van der Waals surface area contributed by atoms with Crippen molar-refractivity contribution in [1.82, 2.24) is 0 Å². The van der Waals surface area contributed by atoms with E-state index in [0.29, 0.717) is 0 Å². The summed E-state index contributed by atoms with van der Waals surface area (Å²) in [6.45, 7) is 0. The fourth-order valence-electron chi connectivity index (χ4n) is 0.785. The second-order valence-corrected chi connectivity index (χ2v) is 18.1. The van der Waals surface area contributed by atoms with Crippen LogP contribution in [0.3, 0.4) is 0 Å². The minimum atomic E-state index is -1.98. The van der Waals surface area contributed by atoms with E-state index in [1.165, 1.54) is 9.65 Å². The van der Waals surface area contributed by atoms with Gasteiger partial charge in [-0.1, -0.05) is 0 Å². The number of rotatable bonds is 1. The molecule has 60 valence electrons. The van der Waals surface area contributed by atoms with E-state index in [1.807, 2.05) is 6.07 Å². The maximum atomic E-state index is 10.6. The van der Waals surface area contributed by atoms with Gasteiger partial charge >= 0.3 is 70.0 Å². The Kier molecular flexibility index (Phi) is 2.42. The van der Waals surface area contributed by atoms with Gasteiger partial charge in [-0.3, -0.25) is 0 Å². The third-order valence-corrected chi connectivity index (χ3v) is 7.32. The Morgan fingerprint density at radius 1 is 1.27 bits per heavy atom. The molecule has 0 atom stereocenters. The van der Waals surface area contributed by atoms with Crippen molar-refractivity contribution in [1.29, 1.82) is 0 Å². The second kappa shape index (κ2) is 3.01. The van der Waals surface area contributed by atoms with Gasteiger partial charge in [0.25, 0.3) is 0 Å². The molecule has 0 N–H and O–H groups in total. The first-order chi connectivity index (χ1) is 5.00. The second-order valence-electron chi connectivity index (χ2n) is 3.59. The molecule has 0 aliphatic heterocycles. The summed E-state index contributed by atoms with van der Waals surface area (Å²) in [6.07, 6.45) is 1.61. The van der Waals surface area contributed by atoms with Crippen LogP contribution in [0.5, 0.6) is 0 Å². The van der Waals surface area contributed by atoms with Crippen molar-refractivity contribution in [2.24, 2.45) is 0 Å². The molecule has 1 aromatic rings. The van der Waals surface area contributed by atoms with Crippen LogP contribution in [0.1, 0.15) is 0 Å². The molecule has 1 rings (SSSR count). The zero-order chi connectivity index (χ0) is 8.48. The van der Waals surface area contributed by atoms with Crippen molar-refractivity contribution in [3.8, 4) is 0 Å². The molecule has 0 saturated heterocycles. The Bertz CT molecular complexity index is 275. The van der Waals surface area contributed by atoms with Crippen LogP contribution in [0.4, 0.5) is 0 Å². The molecular formula is C8H12O2Sn. The van der Waals surface area contributed by atoms with Crippen LogP contribution in [0, 0.1) is 0 Å². The average Bonchev–Trinajstić information content (AvgIpc) is 1.86. The minimum absolute atomic E-state index is 0.260. The first kappa shape index (κ1) is 8.84. The number of hydrogen-bond acceptors (Lipinski definition) is 2. The van der Waals surface area contributed by atoms with Crippen molar-refractivity contribution >= 4 is 22.0 Å². The molecular weight excluding hydrogens is 247 g/mol. The van der Waals surface area contributed by atoms with Gasteiger partial charge in [-0.25, -0.2) is 0 Å². The molecule has 1 aromatic heterocycles. The Morgan fingerprint density at radius 2 is 1.91 bits per heavy atom. The van der Waals surface area contributed by atoms with Crippen LogP contribution < -0.4 is 9.20 Å².